The first-order chi connectivity index (χ1) is 17.1. The molecule has 3 atom stereocenters. The van der Waals surface area contributed by atoms with Crippen molar-refractivity contribution in [3.8, 4) is 10.4 Å². The number of fused-ring (bicyclic) bond motifs is 3. The molecule has 0 saturated carbocycles. The molecule has 0 radical (unpaired) electrons. The summed E-state index contributed by atoms with van der Waals surface area (Å²) in [6.07, 6.45) is 4.92. The third-order valence-electron chi connectivity index (χ3n) is 7.33. The number of aryl methyl sites for hydroxylation is 2. The summed E-state index contributed by atoms with van der Waals surface area (Å²) >= 11 is 1.76. The molecule has 2 aliphatic heterocycles. The summed E-state index contributed by atoms with van der Waals surface area (Å²) in [7, 11) is 0. The zero-order valence-corrected chi connectivity index (χ0v) is 20.9. The molecule has 2 aromatic heterocycles. The van der Waals surface area contributed by atoms with E-state index in [1.165, 1.54) is 16.0 Å². The molecular weight excluding hydrogens is 454 g/mol. The van der Waals surface area contributed by atoms with Crippen molar-refractivity contribution in [1.29, 1.82) is 0 Å². The lowest BCUT2D eigenvalue weighted by Gasteiger charge is -2.49. The van der Waals surface area contributed by atoms with Crippen molar-refractivity contribution < 1.29 is 4.79 Å². The molecule has 3 unspecified atom stereocenters. The first-order valence-electron chi connectivity index (χ1n) is 12.4. The van der Waals surface area contributed by atoms with Gasteiger partial charge in [0.15, 0.2) is 0 Å². The molecule has 2 saturated heterocycles. The number of carbonyl (C=O) groups excluding carboxylic acids is 1. The number of anilines is 1. The number of likely N-dealkylation sites (tertiary alicyclic amines) is 1. The van der Waals surface area contributed by atoms with Crippen LogP contribution < -0.4 is 4.90 Å². The maximum absolute atomic E-state index is 12.3. The van der Waals surface area contributed by atoms with Gasteiger partial charge in [-0.3, -0.25) is 9.78 Å². The fourth-order valence-electron chi connectivity index (χ4n) is 5.71. The van der Waals surface area contributed by atoms with Crippen LogP contribution >= 0.6 is 11.3 Å². The number of hydrogen-bond acceptors (Lipinski definition) is 6. The molecule has 1 amide bonds. The van der Waals surface area contributed by atoms with Crippen LogP contribution in [-0.4, -0.2) is 45.9 Å². The zero-order valence-electron chi connectivity index (χ0n) is 20.1. The third kappa shape index (κ3) is 4.08. The van der Waals surface area contributed by atoms with Gasteiger partial charge in [-0.1, -0.05) is 48.9 Å². The first-order valence-corrected chi connectivity index (χ1v) is 13.2. The molecule has 7 heteroatoms. The van der Waals surface area contributed by atoms with Crippen LogP contribution in [-0.2, 0) is 11.2 Å². The second-order valence-corrected chi connectivity index (χ2v) is 10.9. The van der Waals surface area contributed by atoms with Crippen LogP contribution in [0.4, 0.5) is 5.82 Å². The Bertz CT molecular complexity index is 1370. The second-order valence-electron chi connectivity index (χ2n) is 9.77. The van der Waals surface area contributed by atoms with Gasteiger partial charge in [-0.15, -0.1) is 11.3 Å². The van der Waals surface area contributed by atoms with Crippen molar-refractivity contribution in [2.75, 3.05) is 24.5 Å². The summed E-state index contributed by atoms with van der Waals surface area (Å²) in [4.78, 5) is 32.6. The van der Waals surface area contributed by atoms with E-state index in [2.05, 4.69) is 48.0 Å². The second kappa shape index (κ2) is 9.04. The van der Waals surface area contributed by atoms with Crippen LogP contribution in [0.1, 0.15) is 35.7 Å². The van der Waals surface area contributed by atoms with Crippen LogP contribution in [0.3, 0.4) is 0 Å². The SMILES string of the molecule is CCc1nc(C2C3CC(CN(c4cnc5ccccc5n4)C3)CN2C=O)c(-c2ccc(C)cc2)s1. The van der Waals surface area contributed by atoms with E-state index in [0.717, 1.165) is 66.4 Å². The fourth-order valence-corrected chi connectivity index (χ4v) is 6.76. The van der Waals surface area contributed by atoms with E-state index in [0.29, 0.717) is 5.92 Å². The standard InChI is InChI=1S/C28H29N5OS/c1-3-25-31-26(28(35-25)20-10-8-18(2)9-11-20)27-21-12-19(15-33(27)17-34)14-32(16-21)24-13-29-22-6-4-5-7-23(22)30-24/h4-11,13,17,19,21,27H,3,12,14-16H2,1-2H3. The van der Waals surface area contributed by atoms with Gasteiger partial charge in [-0.2, -0.15) is 0 Å². The topological polar surface area (TPSA) is 62.2 Å². The Morgan fingerprint density at radius 3 is 2.60 bits per heavy atom. The number of benzene rings is 2. The number of aromatic nitrogens is 3. The molecule has 4 aromatic rings. The molecular formula is C28H29N5OS. The largest absolute Gasteiger partial charge is 0.355 e. The number of amides is 1. The van der Waals surface area contributed by atoms with Gasteiger partial charge in [0.1, 0.15) is 5.82 Å². The van der Waals surface area contributed by atoms with Crippen molar-refractivity contribution >= 4 is 34.6 Å². The van der Waals surface area contributed by atoms with Gasteiger partial charge in [0, 0.05) is 25.6 Å². The van der Waals surface area contributed by atoms with Crippen LogP contribution in [0.2, 0.25) is 0 Å². The van der Waals surface area contributed by atoms with Gasteiger partial charge in [0.05, 0.1) is 38.9 Å². The average molecular weight is 484 g/mol. The summed E-state index contributed by atoms with van der Waals surface area (Å²) in [5.74, 6) is 1.62. The monoisotopic (exact) mass is 483 g/mol. The van der Waals surface area contributed by atoms with E-state index in [9.17, 15) is 4.79 Å². The molecule has 2 bridgehead atoms. The predicted octanol–water partition coefficient (Wildman–Crippen LogP) is 5.28. The molecule has 6 nitrogen and oxygen atoms in total. The van der Waals surface area contributed by atoms with E-state index in [-0.39, 0.29) is 12.0 Å². The Kier molecular flexibility index (Phi) is 5.72. The number of para-hydroxylation sites is 2. The lowest BCUT2D eigenvalue weighted by Crippen LogP contribution is -2.54. The van der Waals surface area contributed by atoms with E-state index in [1.807, 2.05) is 35.4 Å². The summed E-state index contributed by atoms with van der Waals surface area (Å²) < 4.78 is 0. The Balaban J connectivity index is 1.38. The van der Waals surface area contributed by atoms with Crippen molar-refractivity contribution in [1.82, 2.24) is 19.9 Å². The van der Waals surface area contributed by atoms with Gasteiger partial charge in [-0.25, -0.2) is 9.97 Å². The van der Waals surface area contributed by atoms with Crippen molar-refractivity contribution in [3.05, 3.63) is 71.0 Å². The number of hydrogen-bond donors (Lipinski definition) is 0. The van der Waals surface area contributed by atoms with Crippen LogP contribution in [0.5, 0.6) is 0 Å². The van der Waals surface area contributed by atoms with Crippen LogP contribution in [0.15, 0.2) is 54.7 Å². The maximum Gasteiger partial charge on any atom is 0.210 e. The Morgan fingerprint density at radius 1 is 1.03 bits per heavy atom. The van der Waals surface area contributed by atoms with Gasteiger partial charge in [0.2, 0.25) is 6.41 Å². The Morgan fingerprint density at radius 2 is 1.83 bits per heavy atom. The molecule has 178 valence electrons. The Labute approximate surface area is 209 Å². The quantitative estimate of drug-likeness (QED) is 0.362. The number of rotatable bonds is 5. The highest BCUT2D eigenvalue weighted by Gasteiger charge is 2.43. The minimum atomic E-state index is -0.0344. The van der Waals surface area contributed by atoms with Gasteiger partial charge in [-0.05, 0) is 43.4 Å². The average Bonchev–Trinajstić information content (AvgIpc) is 3.32. The van der Waals surface area contributed by atoms with E-state index in [1.54, 1.807) is 11.3 Å². The van der Waals surface area contributed by atoms with Crippen molar-refractivity contribution in [3.63, 3.8) is 0 Å². The lowest BCUT2D eigenvalue weighted by molar-refractivity contribution is -0.125. The van der Waals surface area contributed by atoms with Gasteiger partial charge in [0.25, 0.3) is 0 Å². The molecule has 2 aromatic carbocycles. The van der Waals surface area contributed by atoms with E-state index < -0.39 is 0 Å². The zero-order chi connectivity index (χ0) is 23.9. The van der Waals surface area contributed by atoms with Crippen molar-refractivity contribution in [2.24, 2.45) is 11.8 Å². The summed E-state index contributed by atoms with van der Waals surface area (Å²) in [6, 6.07) is 16.6. The molecule has 4 heterocycles. The van der Waals surface area contributed by atoms with E-state index >= 15 is 0 Å². The highest BCUT2D eigenvalue weighted by molar-refractivity contribution is 7.15. The molecule has 0 spiro atoms. The molecule has 0 N–H and O–H groups in total. The molecule has 35 heavy (non-hydrogen) atoms. The number of carbonyl (C=O) groups is 1. The number of piperidine rings is 2. The van der Waals surface area contributed by atoms with Gasteiger partial charge < -0.3 is 9.80 Å². The molecule has 6 rings (SSSR count). The number of thiazole rings is 1. The molecule has 0 aliphatic carbocycles. The van der Waals surface area contributed by atoms with Gasteiger partial charge >= 0.3 is 0 Å². The maximum atomic E-state index is 12.3. The smallest absolute Gasteiger partial charge is 0.210 e. The Hall–Kier alpha value is -3.32. The minimum Gasteiger partial charge on any atom is -0.355 e. The highest BCUT2D eigenvalue weighted by atomic mass is 32.1. The predicted molar refractivity (Wildman–Crippen MR) is 141 cm³/mol. The molecule has 2 fully saturated rings. The first kappa shape index (κ1) is 22.2. The fraction of sp³-hybridized carbons (Fsp3) is 0.357. The normalized spacial score (nSPS) is 21.9. The highest BCUT2D eigenvalue weighted by Crippen LogP contribution is 2.46. The molecule has 2 aliphatic rings. The lowest BCUT2D eigenvalue weighted by atomic mass is 9.78. The third-order valence-corrected chi connectivity index (χ3v) is 8.60. The van der Waals surface area contributed by atoms with Crippen LogP contribution in [0, 0.1) is 18.8 Å². The summed E-state index contributed by atoms with van der Waals surface area (Å²) in [5, 5.41) is 1.12. The summed E-state index contributed by atoms with van der Waals surface area (Å²) in [6.45, 7) is 6.73. The van der Waals surface area contributed by atoms with Crippen LogP contribution in [0.25, 0.3) is 21.5 Å². The summed E-state index contributed by atoms with van der Waals surface area (Å²) in [5.41, 5.74) is 5.31. The van der Waals surface area contributed by atoms with E-state index in [4.69, 9.17) is 9.97 Å². The van der Waals surface area contributed by atoms with Crippen molar-refractivity contribution in [2.45, 2.75) is 32.7 Å². The minimum absolute atomic E-state index is 0.0344. The number of nitrogens with zero attached hydrogens (tertiary/aromatic N) is 5.